The van der Waals surface area contributed by atoms with Gasteiger partial charge in [-0.1, -0.05) is 46.3 Å². The fourth-order valence-electron chi connectivity index (χ4n) is 3.75. The highest BCUT2D eigenvalue weighted by atomic mass is 79.9. The zero-order valence-electron chi connectivity index (χ0n) is 16.1. The summed E-state index contributed by atoms with van der Waals surface area (Å²) in [6.45, 7) is 1.61. The summed E-state index contributed by atoms with van der Waals surface area (Å²) < 4.78 is 19.1. The lowest BCUT2D eigenvalue weighted by Crippen LogP contribution is -2.25. The largest absolute Gasteiger partial charge is 0.465 e. The van der Waals surface area contributed by atoms with E-state index in [1.54, 1.807) is 0 Å². The topological polar surface area (TPSA) is 27.7 Å². The summed E-state index contributed by atoms with van der Waals surface area (Å²) in [7, 11) is 0. The predicted molar refractivity (Wildman–Crippen MR) is 116 cm³/mol. The van der Waals surface area contributed by atoms with Gasteiger partial charge in [-0.3, -0.25) is 0 Å². The lowest BCUT2D eigenvalue weighted by molar-refractivity contribution is -0.106. The molecule has 2 heterocycles. The first-order valence-corrected chi connectivity index (χ1v) is 11.0. The molecule has 0 N–H and O–H groups in total. The zero-order valence-corrected chi connectivity index (χ0v) is 17.7. The van der Waals surface area contributed by atoms with E-state index in [0.717, 1.165) is 66.7 Å². The van der Waals surface area contributed by atoms with Crippen LogP contribution in [0.2, 0.25) is 0 Å². The van der Waals surface area contributed by atoms with Crippen molar-refractivity contribution in [1.29, 1.82) is 0 Å². The van der Waals surface area contributed by atoms with Crippen LogP contribution in [0.3, 0.4) is 0 Å². The van der Waals surface area contributed by atoms with Crippen molar-refractivity contribution in [2.75, 3.05) is 13.2 Å². The monoisotopic (exact) mass is 442 g/mol. The molecule has 4 heteroatoms. The molecule has 2 saturated heterocycles. The van der Waals surface area contributed by atoms with E-state index in [1.807, 2.05) is 18.2 Å². The van der Waals surface area contributed by atoms with Gasteiger partial charge in [0.25, 0.3) is 0 Å². The highest BCUT2D eigenvalue weighted by Gasteiger charge is 2.20. The van der Waals surface area contributed by atoms with Gasteiger partial charge in [-0.05, 0) is 73.1 Å². The second-order valence-corrected chi connectivity index (χ2v) is 8.32. The van der Waals surface area contributed by atoms with Gasteiger partial charge in [-0.15, -0.1) is 0 Å². The van der Waals surface area contributed by atoms with Gasteiger partial charge in [0.05, 0.1) is 12.7 Å². The van der Waals surface area contributed by atoms with E-state index in [2.05, 4.69) is 52.3 Å². The van der Waals surface area contributed by atoms with Gasteiger partial charge in [0.15, 0.2) is 6.29 Å². The van der Waals surface area contributed by atoms with Crippen LogP contribution in [0, 0.1) is 0 Å². The first-order valence-electron chi connectivity index (χ1n) is 10.3. The molecule has 148 valence electrons. The second-order valence-electron chi connectivity index (χ2n) is 7.46. The van der Waals surface area contributed by atoms with Crippen LogP contribution in [0.15, 0.2) is 48.5 Å². The van der Waals surface area contributed by atoms with Crippen LogP contribution in [0.5, 0.6) is 5.75 Å². The number of hydrogen-bond acceptors (Lipinski definition) is 3. The number of halogens is 1. The summed E-state index contributed by atoms with van der Waals surface area (Å²) in [6, 6.07) is 16.8. The minimum Gasteiger partial charge on any atom is -0.465 e. The lowest BCUT2D eigenvalue weighted by atomic mass is 9.98. The number of ether oxygens (including phenoxy) is 3. The first-order chi connectivity index (χ1) is 13.8. The normalized spacial score (nSPS) is 23.4. The van der Waals surface area contributed by atoms with Crippen LogP contribution in [0.1, 0.15) is 61.3 Å². The molecule has 2 aliphatic heterocycles. The van der Waals surface area contributed by atoms with E-state index < -0.39 is 0 Å². The lowest BCUT2D eigenvalue weighted by Gasteiger charge is -2.26. The van der Waals surface area contributed by atoms with Crippen LogP contribution in [-0.4, -0.2) is 19.5 Å². The van der Waals surface area contributed by atoms with Crippen LogP contribution in [-0.2, 0) is 9.47 Å². The minimum absolute atomic E-state index is 0.139. The second kappa shape index (κ2) is 9.73. The molecule has 2 aromatic carbocycles. The Kier molecular flexibility index (Phi) is 6.84. The van der Waals surface area contributed by atoms with Gasteiger partial charge >= 0.3 is 0 Å². The van der Waals surface area contributed by atoms with Crippen molar-refractivity contribution < 1.29 is 14.2 Å². The Bertz CT molecular complexity index is 791. The summed E-state index contributed by atoms with van der Waals surface area (Å²) in [4.78, 5) is 0. The average molecular weight is 443 g/mol. The third kappa shape index (κ3) is 5.25. The van der Waals surface area contributed by atoms with Crippen molar-refractivity contribution >= 4 is 26.5 Å². The molecular formula is C24H27BrO3. The summed E-state index contributed by atoms with van der Waals surface area (Å²) in [5.41, 5.74) is 3.44. The Balaban J connectivity index is 1.63. The third-order valence-corrected chi connectivity index (χ3v) is 5.94. The maximum absolute atomic E-state index is 6.20. The Morgan fingerprint density at radius 1 is 0.929 bits per heavy atom. The summed E-state index contributed by atoms with van der Waals surface area (Å²) in [5.74, 6) is 0.854. The SMILES string of the molecule is BrC(=Cc1ccccc1)c1cc(OC2CCCCO2)cc(C2CCCCO2)c1. The fraction of sp³-hybridized carbons (Fsp3) is 0.417. The molecule has 0 bridgehead atoms. The minimum atomic E-state index is -0.152. The van der Waals surface area contributed by atoms with Crippen molar-refractivity contribution in [3.63, 3.8) is 0 Å². The van der Waals surface area contributed by atoms with E-state index >= 15 is 0 Å². The van der Waals surface area contributed by atoms with Gasteiger partial charge < -0.3 is 14.2 Å². The number of hydrogen-bond donors (Lipinski definition) is 0. The fourth-order valence-corrected chi connectivity index (χ4v) is 4.25. The quantitative estimate of drug-likeness (QED) is 0.480. The zero-order chi connectivity index (χ0) is 19.2. The average Bonchev–Trinajstić information content (AvgIpc) is 2.75. The van der Waals surface area contributed by atoms with Gasteiger partial charge in [0.1, 0.15) is 5.75 Å². The molecule has 3 nitrogen and oxygen atoms in total. The Hall–Kier alpha value is -1.62. The molecule has 0 aliphatic carbocycles. The summed E-state index contributed by atoms with van der Waals surface area (Å²) in [5, 5.41) is 0. The Labute approximate surface area is 175 Å². The summed E-state index contributed by atoms with van der Waals surface area (Å²) >= 11 is 3.77. The molecule has 2 fully saturated rings. The molecule has 2 unspecified atom stereocenters. The van der Waals surface area contributed by atoms with Crippen LogP contribution in [0.4, 0.5) is 0 Å². The van der Waals surface area contributed by atoms with Crippen molar-refractivity contribution in [2.24, 2.45) is 0 Å². The smallest absolute Gasteiger partial charge is 0.199 e. The van der Waals surface area contributed by atoms with E-state index in [-0.39, 0.29) is 12.4 Å². The van der Waals surface area contributed by atoms with Crippen molar-refractivity contribution in [3.8, 4) is 5.75 Å². The van der Waals surface area contributed by atoms with E-state index in [9.17, 15) is 0 Å². The van der Waals surface area contributed by atoms with Gasteiger partial charge in [0.2, 0.25) is 0 Å². The number of benzene rings is 2. The van der Waals surface area contributed by atoms with Gasteiger partial charge in [-0.2, -0.15) is 0 Å². The Morgan fingerprint density at radius 2 is 1.71 bits per heavy atom. The molecule has 0 radical (unpaired) electrons. The maximum Gasteiger partial charge on any atom is 0.199 e. The standard InChI is InChI=1S/C24H27BrO3/c25-22(14-18-8-2-1-3-9-18)19-15-20(23-10-4-6-12-26-23)17-21(16-19)28-24-11-5-7-13-27-24/h1-3,8-9,14-17,23-24H,4-7,10-13H2. The van der Waals surface area contributed by atoms with Crippen molar-refractivity contribution in [3.05, 3.63) is 65.2 Å². The molecule has 2 atom stereocenters. The van der Waals surface area contributed by atoms with Crippen LogP contribution in [0.25, 0.3) is 10.6 Å². The van der Waals surface area contributed by atoms with Crippen LogP contribution >= 0.6 is 15.9 Å². The van der Waals surface area contributed by atoms with E-state index in [0.29, 0.717) is 0 Å². The highest BCUT2D eigenvalue weighted by molar-refractivity contribution is 9.15. The molecule has 0 aromatic heterocycles. The number of rotatable bonds is 5. The van der Waals surface area contributed by atoms with Gasteiger partial charge in [0, 0.05) is 17.5 Å². The molecule has 4 rings (SSSR count). The highest BCUT2D eigenvalue weighted by Crippen LogP contribution is 2.35. The van der Waals surface area contributed by atoms with E-state index in [1.165, 1.54) is 12.0 Å². The third-order valence-electron chi connectivity index (χ3n) is 5.25. The van der Waals surface area contributed by atoms with Crippen LogP contribution < -0.4 is 4.74 Å². The van der Waals surface area contributed by atoms with Crippen molar-refractivity contribution in [1.82, 2.24) is 0 Å². The summed E-state index contributed by atoms with van der Waals surface area (Å²) in [6.07, 6.45) is 8.75. The van der Waals surface area contributed by atoms with E-state index in [4.69, 9.17) is 14.2 Å². The maximum atomic E-state index is 6.20. The molecule has 28 heavy (non-hydrogen) atoms. The molecular weight excluding hydrogens is 416 g/mol. The Morgan fingerprint density at radius 3 is 2.43 bits per heavy atom. The van der Waals surface area contributed by atoms with Crippen molar-refractivity contribution in [2.45, 2.75) is 50.9 Å². The molecule has 0 amide bonds. The predicted octanol–water partition coefficient (Wildman–Crippen LogP) is 6.73. The molecule has 0 saturated carbocycles. The molecule has 0 spiro atoms. The molecule has 2 aliphatic rings. The first kappa shape index (κ1) is 19.7. The van der Waals surface area contributed by atoms with Gasteiger partial charge in [-0.25, -0.2) is 0 Å². The molecule has 2 aromatic rings.